The summed E-state index contributed by atoms with van der Waals surface area (Å²) in [5, 5.41) is 3.21. The molecule has 1 aromatic carbocycles. The molecule has 1 saturated heterocycles. The summed E-state index contributed by atoms with van der Waals surface area (Å²) in [5.41, 5.74) is 0.238. The third-order valence-electron chi connectivity index (χ3n) is 7.61. The Morgan fingerprint density at radius 2 is 1.92 bits per heavy atom. The van der Waals surface area contributed by atoms with E-state index in [1.807, 2.05) is 36.8 Å². The van der Waals surface area contributed by atoms with Crippen LogP contribution in [0.3, 0.4) is 0 Å². The lowest BCUT2D eigenvalue weighted by Gasteiger charge is -2.52. The van der Waals surface area contributed by atoms with E-state index < -0.39 is 35.0 Å². The molecular weight excluding hydrogens is 483 g/mol. The van der Waals surface area contributed by atoms with Gasteiger partial charge in [-0.2, -0.15) is 0 Å². The maximum Gasteiger partial charge on any atom is 0.266 e. The van der Waals surface area contributed by atoms with E-state index in [0.29, 0.717) is 43.1 Å². The van der Waals surface area contributed by atoms with E-state index in [9.17, 15) is 18.0 Å². The number of benzene rings is 1. The van der Waals surface area contributed by atoms with Crippen molar-refractivity contribution in [1.29, 1.82) is 0 Å². The Bertz CT molecular complexity index is 1220. The molecule has 200 valence electrons. The van der Waals surface area contributed by atoms with Gasteiger partial charge in [0.15, 0.2) is 0 Å². The zero-order valence-electron chi connectivity index (χ0n) is 22.1. The highest BCUT2D eigenvalue weighted by molar-refractivity contribution is 5.79. The van der Waals surface area contributed by atoms with Crippen LogP contribution in [0.25, 0.3) is 6.08 Å². The van der Waals surface area contributed by atoms with Crippen molar-refractivity contribution in [2.45, 2.75) is 64.1 Å². The molecule has 1 fully saturated rings. The van der Waals surface area contributed by atoms with Crippen LogP contribution in [0.4, 0.5) is 24.8 Å². The fourth-order valence-electron chi connectivity index (χ4n) is 5.76. The van der Waals surface area contributed by atoms with E-state index in [2.05, 4.69) is 15.3 Å². The molecule has 2 aliphatic heterocycles. The van der Waals surface area contributed by atoms with Crippen LogP contribution in [0.1, 0.15) is 69.7 Å². The average molecular weight is 518 g/mol. The summed E-state index contributed by atoms with van der Waals surface area (Å²) < 4.78 is 47.5. The second-order valence-electron chi connectivity index (χ2n) is 10.5. The molecule has 7 nitrogen and oxygen atoms in total. The number of anilines is 2. The van der Waals surface area contributed by atoms with Gasteiger partial charge in [0.1, 0.15) is 23.8 Å². The van der Waals surface area contributed by atoms with Crippen molar-refractivity contribution in [2.24, 2.45) is 0 Å². The third kappa shape index (κ3) is 4.91. The molecule has 2 aromatic rings. The van der Waals surface area contributed by atoms with Crippen molar-refractivity contribution >= 4 is 23.6 Å². The smallest absolute Gasteiger partial charge is 0.266 e. The molecular formula is C27H34F3N5O2. The Labute approximate surface area is 215 Å². The van der Waals surface area contributed by atoms with Gasteiger partial charge in [-0.25, -0.2) is 23.1 Å². The van der Waals surface area contributed by atoms with Gasteiger partial charge in [-0.05, 0) is 38.8 Å². The predicted octanol–water partition coefficient (Wildman–Crippen LogP) is 5.37. The minimum atomic E-state index is -2.90. The molecule has 0 aliphatic carbocycles. The second-order valence-corrected chi connectivity index (χ2v) is 10.5. The van der Waals surface area contributed by atoms with Crippen LogP contribution in [0.2, 0.25) is 0 Å². The molecule has 1 N–H and O–H groups in total. The molecule has 0 radical (unpaired) electrons. The first-order valence-corrected chi connectivity index (χ1v) is 12.3. The zero-order valence-corrected chi connectivity index (χ0v) is 22.1. The zero-order chi connectivity index (χ0) is 27.1. The SMILES string of the molecule is CO[C@]1(C2=Cc3c(N[C@H](C)c4cccc(C(F)F)c4F)ncnc3N(C)C2)CCN(C(C)=O)C(C)(C)C1. The normalized spacial score (nSPS) is 21.9. The van der Waals surface area contributed by atoms with Gasteiger partial charge in [-0.1, -0.05) is 18.2 Å². The van der Waals surface area contributed by atoms with Crippen molar-refractivity contribution in [3.63, 3.8) is 0 Å². The van der Waals surface area contributed by atoms with Crippen molar-refractivity contribution < 1.29 is 22.7 Å². The van der Waals surface area contributed by atoms with Crippen LogP contribution in [0, 0.1) is 5.82 Å². The molecule has 1 amide bonds. The summed E-state index contributed by atoms with van der Waals surface area (Å²) in [4.78, 5) is 25.0. The fraction of sp³-hybridized carbons (Fsp3) is 0.519. The first-order valence-electron chi connectivity index (χ1n) is 12.3. The molecule has 10 heteroatoms. The minimum absolute atomic E-state index is 0.0341. The van der Waals surface area contributed by atoms with Gasteiger partial charge in [0.05, 0.1) is 22.8 Å². The van der Waals surface area contributed by atoms with Crippen LogP contribution in [-0.4, -0.2) is 59.2 Å². The first-order chi connectivity index (χ1) is 17.4. The summed E-state index contributed by atoms with van der Waals surface area (Å²) in [6, 6.07) is 3.38. The Morgan fingerprint density at radius 3 is 2.54 bits per heavy atom. The molecule has 0 bridgehead atoms. The van der Waals surface area contributed by atoms with Gasteiger partial charge in [0, 0.05) is 51.7 Å². The summed E-state index contributed by atoms with van der Waals surface area (Å²) in [7, 11) is 3.62. The Balaban J connectivity index is 1.71. The van der Waals surface area contributed by atoms with E-state index in [0.717, 1.165) is 11.6 Å². The van der Waals surface area contributed by atoms with Crippen LogP contribution >= 0.6 is 0 Å². The molecule has 4 rings (SSSR count). The van der Waals surface area contributed by atoms with Crippen molar-refractivity contribution in [1.82, 2.24) is 14.9 Å². The monoisotopic (exact) mass is 517 g/mol. The quantitative estimate of drug-likeness (QED) is 0.556. The number of methoxy groups -OCH3 is 1. The lowest BCUT2D eigenvalue weighted by molar-refractivity contribution is -0.144. The molecule has 0 spiro atoms. The van der Waals surface area contributed by atoms with E-state index in [1.54, 1.807) is 21.0 Å². The minimum Gasteiger partial charge on any atom is -0.374 e. The van der Waals surface area contributed by atoms with Crippen molar-refractivity contribution in [3.05, 3.63) is 52.6 Å². The average Bonchev–Trinajstić information content (AvgIpc) is 2.83. The number of ether oxygens (including phenoxy) is 1. The summed E-state index contributed by atoms with van der Waals surface area (Å²) >= 11 is 0. The van der Waals surface area contributed by atoms with Gasteiger partial charge >= 0.3 is 0 Å². The fourth-order valence-corrected chi connectivity index (χ4v) is 5.76. The lowest BCUT2D eigenvalue weighted by atomic mass is 9.73. The molecule has 1 aromatic heterocycles. The van der Waals surface area contributed by atoms with Crippen LogP contribution < -0.4 is 10.2 Å². The van der Waals surface area contributed by atoms with Crippen molar-refractivity contribution in [3.8, 4) is 0 Å². The van der Waals surface area contributed by atoms with E-state index in [-0.39, 0.29) is 11.5 Å². The number of carbonyl (C=O) groups is 1. The number of hydrogen-bond donors (Lipinski definition) is 1. The van der Waals surface area contributed by atoms with Gasteiger partial charge in [-0.3, -0.25) is 4.79 Å². The van der Waals surface area contributed by atoms with E-state index >= 15 is 0 Å². The Hall–Kier alpha value is -3.14. The number of alkyl halides is 2. The number of piperidine rings is 1. The summed E-state index contributed by atoms with van der Waals surface area (Å²) in [5.74, 6) is 0.274. The number of rotatable bonds is 6. The lowest BCUT2D eigenvalue weighted by Crippen LogP contribution is -2.59. The number of halogens is 3. The predicted molar refractivity (Wildman–Crippen MR) is 137 cm³/mol. The second kappa shape index (κ2) is 9.96. The maximum atomic E-state index is 14.8. The number of aromatic nitrogens is 2. The number of fused-ring (bicyclic) bond motifs is 1. The van der Waals surface area contributed by atoms with Crippen LogP contribution in [-0.2, 0) is 9.53 Å². The van der Waals surface area contributed by atoms with Crippen LogP contribution in [0.5, 0.6) is 0 Å². The topological polar surface area (TPSA) is 70.6 Å². The molecule has 37 heavy (non-hydrogen) atoms. The molecule has 2 atom stereocenters. The number of hydrogen-bond acceptors (Lipinski definition) is 6. The highest BCUT2D eigenvalue weighted by atomic mass is 19.3. The van der Waals surface area contributed by atoms with E-state index in [1.165, 1.54) is 18.5 Å². The highest BCUT2D eigenvalue weighted by Gasteiger charge is 2.48. The maximum absolute atomic E-state index is 14.8. The van der Waals surface area contributed by atoms with Gasteiger partial charge in [0.25, 0.3) is 6.43 Å². The van der Waals surface area contributed by atoms with E-state index in [4.69, 9.17) is 4.74 Å². The van der Waals surface area contributed by atoms with Gasteiger partial charge in [-0.15, -0.1) is 0 Å². The van der Waals surface area contributed by atoms with Gasteiger partial charge < -0.3 is 19.9 Å². The Kier molecular flexibility index (Phi) is 7.25. The molecule has 2 aliphatic rings. The number of likely N-dealkylation sites (N-methyl/N-ethyl adjacent to an activating group) is 1. The molecule has 3 heterocycles. The number of nitrogens with one attached hydrogen (secondary N) is 1. The Morgan fingerprint density at radius 1 is 1.22 bits per heavy atom. The standard InChI is InChI=1S/C27H34F3N5O2/c1-16(19-8-7-9-20(22(19)28)23(29)30)33-24-21-12-18(13-34(5)25(21)32-15-31-24)27(37-6)10-11-35(17(2)36)26(3,4)14-27/h7-9,12,15-16,23H,10-11,13-14H2,1-6H3,(H,31,32,33)/t16-,27-/m1/s1. The van der Waals surface area contributed by atoms with Gasteiger partial charge in [0.2, 0.25) is 5.91 Å². The largest absolute Gasteiger partial charge is 0.374 e. The number of nitrogens with zero attached hydrogens (tertiary/aromatic N) is 4. The first kappa shape index (κ1) is 26.9. The molecule has 0 unspecified atom stereocenters. The van der Waals surface area contributed by atoms with Crippen molar-refractivity contribution in [2.75, 3.05) is 37.5 Å². The molecule has 0 saturated carbocycles. The van der Waals surface area contributed by atoms with Crippen LogP contribution in [0.15, 0.2) is 30.1 Å². The number of carbonyl (C=O) groups excluding carboxylic acids is 1. The summed E-state index contributed by atoms with van der Waals surface area (Å²) in [6.07, 6.45) is 1.79. The summed E-state index contributed by atoms with van der Waals surface area (Å²) in [6.45, 7) is 8.52. The third-order valence-corrected chi connectivity index (χ3v) is 7.61. The number of likely N-dealkylation sites (tertiary alicyclic amines) is 1. The number of amides is 1. The highest BCUT2D eigenvalue weighted by Crippen LogP contribution is 2.45.